The first-order valence-corrected chi connectivity index (χ1v) is 8.39. The molecule has 0 bridgehead atoms. The van der Waals surface area contributed by atoms with E-state index in [1.54, 1.807) is 38.1 Å². The summed E-state index contributed by atoms with van der Waals surface area (Å²) in [5, 5.41) is 0. The molecule has 0 aliphatic carbocycles. The van der Waals surface area contributed by atoms with Crippen LogP contribution in [-0.2, 0) is 25.5 Å². The normalized spacial score (nSPS) is 10.8. The number of carbonyl (C=O) groups is 3. The number of pyridine rings is 1. The molecule has 2 rings (SSSR count). The van der Waals surface area contributed by atoms with E-state index in [4.69, 9.17) is 9.47 Å². The highest BCUT2D eigenvalue weighted by Gasteiger charge is 2.55. The summed E-state index contributed by atoms with van der Waals surface area (Å²) < 4.78 is 10.2. The van der Waals surface area contributed by atoms with E-state index < -0.39 is 23.1 Å². The first-order chi connectivity index (χ1) is 12.6. The van der Waals surface area contributed by atoms with E-state index >= 15 is 0 Å². The predicted octanol–water partition coefficient (Wildman–Crippen LogP) is 2.62. The lowest BCUT2D eigenvalue weighted by atomic mass is 9.75. The number of rotatable bonds is 8. The minimum Gasteiger partial charge on any atom is -0.465 e. The third-order valence-electron chi connectivity index (χ3n) is 3.89. The molecule has 0 saturated heterocycles. The van der Waals surface area contributed by atoms with Gasteiger partial charge in [0.2, 0.25) is 5.41 Å². The van der Waals surface area contributed by atoms with Crippen molar-refractivity contribution >= 4 is 17.7 Å². The van der Waals surface area contributed by atoms with Crippen molar-refractivity contribution in [3.05, 3.63) is 66.0 Å². The smallest absolute Gasteiger partial charge is 0.331 e. The maximum atomic E-state index is 13.3. The highest BCUT2D eigenvalue weighted by atomic mass is 16.6. The largest absolute Gasteiger partial charge is 0.465 e. The number of benzene rings is 1. The number of hydrogen-bond acceptors (Lipinski definition) is 6. The van der Waals surface area contributed by atoms with E-state index in [1.807, 2.05) is 6.07 Å². The molecule has 0 atom stereocenters. The molecule has 1 aromatic heterocycles. The van der Waals surface area contributed by atoms with Gasteiger partial charge in [0.05, 0.1) is 13.2 Å². The van der Waals surface area contributed by atoms with Gasteiger partial charge in [0, 0.05) is 24.4 Å². The van der Waals surface area contributed by atoms with Gasteiger partial charge in [-0.3, -0.25) is 19.4 Å². The number of Topliss-reactive ketones (excluding diaryl/α,β-unsaturated/α-hetero) is 1. The topological polar surface area (TPSA) is 82.6 Å². The number of esters is 2. The standard InChI is InChI=1S/C20H21NO5/c1-3-25-18(23)20(19(24)26-4-2,14-15-8-6-5-7-9-15)17(22)16-10-12-21-13-11-16/h5-13H,3-4,14H2,1-2H3. The van der Waals surface area contributed by atoms with E-state index in [1.165, 1.54) is 24.5 Å². The van der Waals surface area contributed by atoms with Crippen LogP contribution in [0.4, 0.5) is 0 Å². The van der Waals surface area contributed by atoms with Gasteiger partial charge in [0.25, 0.3) is 0 Å². The van der Waals surface area contributed by atoms with Crippen LogP contribution in [0, 0.1) is 5.41 Å². The second-order valence-corrected chi connectivity index (χ2v) is 5.57. The molecule has 1 aromatic carbocycles. The van der Waals surface area contributed by atoms with Crippen molar-refractivity contribution in [1.82, 2.24) is 4.98 Å². The molecule has 1 heterocycles. The Morgan fingerprint density at radius 3 is 1.92 bits per heavy atom. The zero-order valence-electron chi connectivity index (χ0n) is 14.8. The van der Waals surface area contributed by atoms with Gasteiger partial charge < -0.3 is 9.47 Å². The highest BCUT2D eigenvalue weighted by molar-refractivity contribution is 6.25. The molecular formula is C20H21NO5. The van der Waals surface area contributed by atoms with Crippen LogP contribution in [0.15, 0.2) is 54.9 Å². The Morgan fingerprint density at radius 1 is 0.885 bits per heavy atom. The van der Waals surface area contributed by atoms with Crippen molar-refractivity contribution in [1.29, 1.82) is 0 Å². The van der Waals surface area contributed by atoms with Crippen LogP contribution >= 0.6 is 0 Å². The molecule has 0 aliphatic heterocycles. The summed E-state index contributed by atoms with van der Waals surface area (Å²) >= 11 is 0. The maximum absolute atomic E-state index is 13.3. The van der Waals surface area contributed by atoms with Crippen LogP contribution in [0.25, 0.3) is 0 Å². The molecule has 2 aromatic rings. The Labute approximate surface area is 152 Å². The van der Waals surface area contributed by atoms with Gasteiger partial charge in [-0.25, -0.2) is 0 Å². The van der Waals surface area contributed by atoms with Crippen LogP contribution in [0.2, 0.25) is 0 Å². The number of carbonyl (C=O) groups excluding carboxylic acids is 3. The Balaban J connectivity index is 2.60. The SMILES string of the molecule is CCOC(=O)C(Cc1ccccc1)(C(=O)OCC)C(=O)c1ccncc1. The number of nitrogens with zero attached hydrogens (tertiary/aromatic N) is 1. The Bertz CT molecular complexity index is 740. The van der Waals surface area contributed by atoms with Crippen LogP contribution in [0.1, 0.15) is 29.8 Å². The molecule has 0 aliphatic rings. The summed E-state index contributed by atoms with van der Waals surface area (Å²) in [6, 6.07) is 11.8. The molecule has 6 heteroatoms. The summed E-state index contributed by atoms with van der Waals surface area (Å²) in [6.45, 7) is 3.32. The van der Waals surface area contributed by atoms with E-state index in [2.05, 4.69) is 4.98 Å². The number of hydrogen-bond donors (Lipinski definition) is 0. The monoisotopic (exact) mass is 355 g/mol. The molecule has 6 nitrogen and oxygen atoms in total. The zero-order valence-corrected chi connectivity index (χ0v) is 14.8. The predicted molar refractivity (Wildman–Crippen MR) is 94.4 cm³/mol. The summed E-state index contributed by atoms with van der Waals surface area (Å²) in [4.78, 5) is 42.8. The van der Waals surface area contributed by atoms with Crippen LogP contribution in [0.5, 0.6) is 0 Å². The Morgan fingerprint density at radius 2 is 1.42 bits per heavy atom. The van der Waals surface area contributed by atoms with E-state index in [0.29, 0.717) is 5.56 Å². The van der Waals surface area contributed by atoms with Crippen LogP contribution in [-0.4, -0.2) is 35.9 Å². The lowest BCUT2D eigenvalue weighted by Gasteiger charge is -2.28. The minimum absolute atomic E-state index is 0.0401. The van der Waals surface area contributed by atoms with Crippen molar-refractivity contribution in [3.8, 4) is 0 Å². The van der Waals surface area contributed by atoms with Crippen molar-refractivity contribution in [2.45, 2.75) is 20.3 Å². The van der Waals surface area contributed by atoms with Gasteiger partial charge in [0.1, 0.15) is 0 Å². The summed E-state index contributed by atoms with van der Waals surface area (Å²) in [5.74, 6) is -2.49. The average Bonchev–Trinajstić information content (AvgIpc) is 2.67. The zero-order chi connectivity index (χ0) is 19.0. The van der Waals surface area contributed by atoms with Gasteiger partial charge in [-0.05, 0) is 31.5 Å². The Kier molecular flexibility index (Phi) is 6.60. The second kappa shape index (κ2) is 8.89. The minimum atomic E-state index is -2.10. The molecule has 0 spiro atoms. The molecule has 136 valence electrons. The second-order valence-electron chi connectivity index (χ2n) is 5.57. The lowest BCUT2D eigenvalue weighted by Crippen LogP contribution is -2.50. The van der Waals surface area contributed by atoms with Crippen molar-refractivity contribution in [2.75, 3.05) is 13.2 Å². The van der Waals surface area contributed by atoms with E-state index in [9.17, 15) is 14.4 Å². The molecule has 0 fully saturated rings. The number of ketones is 1. The third kappa shape index (κ3) is 3.96. The lowest BCUT2D eigenvalue weighted by molar-refractivity contribution is -0.167. The third-order valence-corrected chi connectivity index (χ3v) is 3.89. The molecule has 26 heavy (non-hydrogen) atoms. The van der Waals surface area contributed by atoms with Gasteiger partial charge in [-0.15, -0.1) is 0 Å². The molecule has 0 radical (unpaired) electrons. The van der Waals surface area contributed by atoms with Crippen molar-refractivity contribution in [3.63, 3.8) is 0 Å². The summed E-state index contributed by atoms with van der Waals surface area (Å²) in [5.41, 5.74) is -1.26. The fourth-order valence-electron chi connectivity index (χ4n) is 2.65. The molecule has 0 amide bonds. The summed E-state index contributed by atoms with van der Waals surface area (Å²) in [6.07, 6.45) is 2.71. The quantitative estimate of drug-likeness (QED) is 0.411. The average molecular weight is 355 g/mol. The van der Waals surface area contributed by atoms with Gasteiger partial charge in [-0.1, -0.05) is 30.3 Å². The van der Waals surface area contributed by atoms with Crippen molar-refractivity contribution in [2.24, 2.45) is 5.41 Å². The van der Waals surface area contributed by atoms with Crippen LogP contribution < -0.4 is 0 Å². The number of aromatic nitrogens is 1. The molecule has 0 saturated carbocycles. The first kappa shape index (κ1) is 19.3. The fraction of sp³-hybridized carbons (Fsp3) is 0.300. The van der Waals surface area contributed by atoms with Gasteiger partial charge in [-0.2, -0.15) is 0 Å². The van der Waals surface area contributed by atoms with Crippen LogP contribution in [0.3, 0.4) is 0 Å². The highest BCUT2D eigenvalue weighted by Crippen LogP contribution is 2.32. The van der Waals surface area contributed by atoms with Gasteiger partial charge in [0.15, 0.2) is 5.78 Å². The molecule has 0 unspecified atom stereocenters. The summed E-state index contributed by atoms with van der Waals surface area (Å²) in [7, 11) is 0. The number of ether oxygens (including phenoxy) is 2. The Hall–Kier alpha value is -3.02. The van der Waals surface area contributed by atoms with Gasteiger partial charge >= 0.3 is 11.9 Å². The molecular weight excluding hydrogens is 334 g/mol. The van der Waals surface area contributed by atoms with Crippen molar-refractivity contribution < 1.29 is 23.9 Å². The van der Waals surface area contributed by atoms with E-state index in [0.717, 1.165) is 0 Å². The first-order valence-electron chi connectivity index (χ1n) is 8.39. The maximum Gasteiger partial charge on any atom is 0.331 e. The van der Waals surface area contributed by atoms with E-state index in [-0.39, 0.29) is 25.2 Å². The fourth-order valence-corrected chi connectivity index (χ4v) is 2.65. The molecule has 0 N–H and O–H groups in total.